The van der Waals surface area contributed by atoms with Crippen molar-refractivity contribution in [1.29, 1.82) is 0 Å². The summed E-state index contributed by atoms with van der Waals surface area (Å²) in [6.45, 7) is 4.90. The number of aryl methyl sites for hydroxylation is 1. The normalized spacial score (nSPS) is 12.7. The molecule has 0 aliphatic heterocycles. The van der Waals surface area contributed by atoms with Gasteiger partial charge in [0.25, 0.3) is 10.0 Å². The molecular weight excluding hydrogens is 648 g/mol. The fraction of sp³-hybridized carbons (Fsp3) is 0.257. The molecule has 0 unspecified atom stereocenters. The second kappa shape index (κ2) is 15.6. The molecule has 2 amide bonds. The fourth-order valence-corrected chi connectivity index (χ4v) is 6.49. The Labute approximate surface area is 280 Å². The van der Waals surface area contributed by atoms with Crippen LogP contribution in [-0.4, -0.2) is 43.8 Å². The minimum atomic E-state index is -4.30. The molecule has 0 fully saturated rings. The summed E-state index contributed by atoms with van der Waals surface area (Å²) in [7, 11) is -4.30. The van der Waals surface area contributed by atoms with Crippen LogP contribution in [0.5, 0.6) is 0 Å². The van der Waals surface area contributed by atoms with Crippen LogP contribution in [0.15, 0.2) is 102 Å². The summed E-state index contributed by atoms with van der Waals surface area (Å²) in [6.07, 6.45) is 0.823. The Morgan fingerprint density at radius 2 is 1.52 bits per heavy atom. The molecule has 46 heavy (non-hydrogen) atoms. The standard InChI is InChI=1S/C35H36Cl2FN3O4S/c1-4-25(3)39-35(43)33(20-26-8-6-5-7-9-26)40(22-27-12-14-28(38)15-13-27)34(42)23-41(29-16-19-31(36)32(37)21-29)46(44,45)30-17-10-24(2)11-18-30/h5-19,21,25,33H,4,20,22-23H2,1-3H3,(H,39,43)/t25-,33-/m1/s1. The van der Waals surface area contributed by atoms with E-state index >= 15 is 0 Å². The van der Waals surface area contributed by atoms with E-state index in [1.165, 1.54) is 59.5 Å². The molecule has 0 radical (unpaired) electrons. The van der Waals surface area contributed by atoms with Gasteiger partial charge in [0, 0.05) is 19.0 Å². The Morgan fingerprint density at radius 3 is 2.13 bits per heavy atom. The number of hydrogen-bond donors (Lipinski definition) is 1. The van der Waals surface area contributed by atoms with E-state index < -0.39 is 40.2 Å². The van der Waals surface area contributed by atoms with Crippen molar-refractivity contribution < 1.29 is 22.4 Å². The Hall–Kier alpha value is -3.92. The van der Waals surface area contributed by atoms with Crippen molar-refractivity contribution in [2.45, 2.75) is 57.1 Å². The van der Waals surface area contributed by atoms with Crippen LogP contribution in [0.4, 0.5) is 10.1 Å². The van der Waals surface area contributed by atoms with Crippen LogP contribution in [0, 0.1) is 12.7 Å². The van der Waals surface area contributed by atoms with Crippen LogP contribution >= 0.6 is 23.2 Å². The summed E-state index contributed by atoms with van der Waals surface area (Å²) >= 11 is 12.5. The molecule has 0 bridgehead atoms. The van der Waals surface area contributed by atoms with Crippen LogP contribution in [0.3, 0.4) is 0 Å². The Morgan fingerprint density at radius 1 is 0.870 bits per heavy atom. The minimum Gasteiger partial charge on any atom is -0.352 e. The maximum atomic E-state index is 14.5. The van der Waals surface area contributed by atoms with Gasteiger partial charge in [-0.25, -0.2) is 12.8 Å². The molecule has 1 N–H and O–H groups in total. The van der Waals surface area contributed by atoms with Gasteiger partial charge in [0.1, 0.15) is 18.4 Å². The van der Waals surface area contributed by atoms with E-state index in [1.807, 2.05) is 51.1 Å². The average Bonchev–Trinajstić information content (AvgIpc) is 3.04. The van der Waals surface area contributed by atoms with Crippen molar-refractivity contribution in [3.63, 3.8) is 0 Å². The number of sulfonamides is 1. The Kier molecular flexibility index (Phi) is 11.8. The van der Waals surface area contributed by atoms with Crippen molar-refractivity contribution in [2.24, 2.45) is 0 Å². The molecule has 0 aliphatic carbocycles. The van der Waals surface area contributed by atoms with E-state index in [1.54, 1.807) is 12.1 Å². The van der Waals surface area contributed by atoms with Crippen LogP contribution in [0.25, 0.3) is 0 Å². The highest BCUT2D eigenvalue weighted by Gasteiger charge is 2.35. The molecule has 242 valence electrons. The summed E-state index contributed by atoms with van der Waals surface area (Å²) in [5.41, 5.74) is 2.34. The van der Waals surface area contributed by atoms with Crippen molar-refractivity contribution in [2.75, 3.05) is 10.8 Å². The first-order valence-electron chi connectivity index (χ1n) is 14.8. The molecule has 0 aliphatic rings. The summed E-state index contributed by atoms with van der Waals surface area (Å²) in [5.74, 6) is -1.49. The first kappa shape index (κ1) is 34.9. The summed E-state index contributed by atoms with van der Waals surface area (Å²) in [5, 5.41) is 3.30. The molecule has 0 aromatic heterocycles. The van der Waals surface area contributed by atoms with Gasteiger partial charge in [-0.2, -0.15) is 0 Å². The number of amides is 2. The number of halogens is 3. The van der Waals surface area contributed by atoms with Gasteiger partial charge in [0.15, 0.2) is 0 Å². The highest BCUT2D eigenvalue weighted by atomic mass is 35.5. The van der Waals surface area contributed by atoms with E-state index in [9.17, 15) is 22.4 Å². The van der Waals surface area contributed by atoms with Gasteiger partial charge in [-0.3, -0.25) is 13.9 Å². The second-order valence-electron chi connectivity index (χ2n) is 11.1. The topological polar surface area (TPSA) is 86.8 Å². The fourth-order valence-electron chi connectivity index (χ4n) is 4.79. The SMILES string of the molecule is CC[C@@H](C)NC(=O)[C@@H](Cc1ccccc1)N(Cc1ccc(F)cc1)C(=O)CN(c1ccc(Cl)c(Cl)c1)S(=O)(=O)c1ccc(C)cc1. The molecule has 11 heteroatoms. The quantitative estimate of drug-likeness (QED) is 0.162. The number of carbonyl (C=O) groups excluding carboxylic acids is 2. The van der Waals surface area contributed by atoms with Gasteiger partial charge in [0.2, 0.25) is 11.8 Å². The third-order valence-electron chi connectivity index (χ3n) is 7.62. The first-order chi connectivity index (χ1) is 21.9. The molecule has 7 nitrogen and oxygen atoms in total. The van der Waals surface area contributed by atoms with E-state index in [2.05, 4.69) is 5.32 Å². The second-order valence-corrected chi connectivity index (χ2v) is 13.8. The lowest BCUT2D eigenvalue weighted by atomic mass is 10.0. The third kappa shape index (κ3) is 8.87. The molecule has 0 heterocycles. The van der Waals surface area contributed by atoms with Gasteiger partial charge >= 0.3 is 0 Å². The molecule has 0 saturated heterocycles. The number of nitrogens with zero attached hydrogens (tertiary/aromatic N) is 2. The van der Waals surface area contributed by atoms with E-state index in [0.717, 1.165) is 15.4 Å². The molecule has 4 aromatic carbocycles. The highest BCUT2D eigenvalue weighted by Crippen LogP contribution is 2.31. The zero-order chi connectivity index (χ0) is 33.4. The minimum absolute atomic E-state index is 0.0302. The lowest BCUT2D eigenvalue weighted by Crippen LogP contribution is -2.54. The van der Waals surface area contributed by atoms with Crippen molar-refractivity contribution >= 4 is 50.7 Å². The molecule has 2 atom stereocenters. The van der Waals surface area contributed by atoms with Gasteiger partial charge < -0.3 is 10.2 Å². The lowest BCUT2D eigenvalue weighted by Gasteiger charge is -2.34. The van der Waals surface area contributed by atoms with E-state index in [-0.39, 0.29) is 39.6 Å². The highest BCUT2D eigenvalue weighted by molar-refractivity contribution is 7.92. The van der Waals surface area contributed by atoms with Crippen molar-refractivity contribution in [3.05, 3.63) is 130 Å². The number of rotatable bonds is 13. The number of carbonyl (C=O) groups is 2. The van der Waals surface area contributed by atoms with Crippen LogP contribution in [-0.2, 0) is 32.6 Å². The van der Waals surface area contributed by atoms with Gasteiger partial charge in [-0.1, -0.05) is 90.3 Å². The zero-order valence-electron chi connectivity index (χ0n) is 25.8. The molecule has 0 saturated carbocycles. The van der Waals surface area contributed by atoms with Gasteiger partial charge in [0.05, 0.1) is 20.6 Å². The zero-order valence-corrected chi connectivity index (χ0v) is 28.1. The molecule has 4 rings (SSSR count). The predicted molar refractivity (Wildman–Crippen MR) is 181 cm³/mol. The number of anilines is 1. The summed E-state index contributed by atoms with van der Waals surface area (Å²) in [4.78, 5) is 29.7. The molecular formula is C35H36Cl2FN3O4S. The average molecular weight is 685 g/mol. The van der Waals surface area contributed by atoms with Crippen LogP contribution in [0.1, 0.15) is 37.0 Å². The third-order valence-corrected chi connectivity index (χ3v) is 10.1. The predicted octanol–water partition coefficient (Wildman–Crippen LogP) is 7.19. The largest absolute Gasteiger partial charge is 0.352 e. The van der Waals surface area contributed by atoms with Crippen molar-refractivity contribution in [1.82, 2.24) is 10.2 Å². The summed E-state index contributed by atoms with van der Waals surface area (Å²) in [6, 6.07) is 24.2. The van der Waals surface area contributed by atoms with E-state index in [4.69, 9.17) is 23.2 Å². The molecule has 0 spiro atoms. The smallest absolute Gasteiger partial charge is 0.264 e. The molecule has 4 aromatic rings. The maximum Gasteiger partial charge on any atom is 0.264 e. The van der Waals surface area contributed by atoms with E-state index in [0.29, 0.717) is 12.0 Å². The van der Waals surface area contributed by atoms with Crippen LogP contribution < -0.4 is 9.62 Å². The summed E-state index contributed by atoms with van der Waals surface area (Å²) < 4.78 is 43.1. The Balaban J connectivity index is 1.82. The lowest BCUT2D eigenvalue weighted by molar-refractivity contribution is -0.140. The monoisotopic (exact) mass is 683 g/mol. The van der Waals surface area contributed by atoms with Crippen molar-refractivity contribution in [3.8, 4) is 0 Å². The van der Waals surface area contributed by atoms with Gasteiger partial charge in [-0.15, -0.1) is 0 Å². The number of hydrogen-bond acceptors (Lipinski definition) is 4. The maximum absolute atomic E-state index is 14.5. The Bertz CT molecular complexity index is 1760. The first-order valence-corrected chi connectivity index (χ1v) is 17.0. The van der Waals surface area contributed by atoms with Gasteiger partial charge in [-0.05, 0) is 73.9 Å². The number of benzene rings is 4. The number of nitrogens with one attached hydrogen (secondary N) is 1. The van der Waals surface area contributed by atoms with Crippen LogP contribution in [0.2, 0.25) is 10.0 Å².